The number of anilines is 1. The van der Waals surface area contributed by atoms with Gasteiger partial charge in [0.1, 0.15) is 0 Å². The van der Waals surface area contributed by atoms with Crippen molar-refractivity contribution in [1.29, 1.82) is 0 Å². The van der Waals surface area contributed by atoms with Gasteiger partial charge < -0.3 is 9.30 Å². The number of hydrogen-bond donors (Lipinski definition) is 0. The summed E-state index contributed by atoms with van der Waals surface area (Å²) in [5, 5.41) is 0. The Hall–Kier alpha value is -3.48. The van der Waals surface area contributed by atoms with Gasteiger partial charge in [-0.3, -0.25) is 19.3 Å². The number of fused-ring (bicyclic) bond motifs is 2. The van der Waals surface area contributed by atoms with E-state index in [9.17, 15) is 14.4 Å². The molecule has 0 spiro atoms. The van der Waals surface area contributed by atoms with Gasteiger partial charge in [-0.1, -0.05) is 12.1 Å². The smallest absolute Gasteiger partial charge is 0.261 e. The fraction of sp³-hybridized carbons (Fsp3) is 0.304. The largest absolute Gasteiger partial charge is 0.309 e. The highest BCUT2D eigenvalue weighted by Gasteiger charge is 2.36. The van der Waals surface area contributed by atoms with Crippen molar-refractivity contribution >= 4 is 29.1 Å². The van der Waals surface area contributed by atoms with Crippen molar-refractivity contribution in [3.63, 3.8) is 0 Å². The lowest BCUT2D eigenvalue weighted by Gasteiger charge is -2.17. The third kappa shape index (κ3) is 2.58. The molecule has 3 aromatic rings. The fourth-order valence-electron chi connectivity index (χ4n) is 4.51. The number of imide groups is 1. The van der Waals surface area contributed by atoms with Gasteiger partial charge in [-0.15, -0.1) is 0 Å². The molecule has 1 aromatic carbocycles. The van der Waals surface area contributed by atoms with Crippen molar-refractivity contribution in [2.24, 2.45) is 0 Å². The van der Waals surface area contributed by atoms with Gasteiger partial charge in [0.25, 0.3) is 11.8 Å². The Labute approximate surface area is 172 Å². The summed E-state index contributed by atoms with van der Waals surface area (Å²) in [4.78, 5) is 45.6. The van der Waals surface area contributed by atoms with Crippen molar-refractivity contribution < 1.29 is 14.4 Å². The Bertz CT molecular complexity index is 1210. The second-order valence-electron chi connectivity index (χ2n) is 8.29. The Morgan fingerprint density at radius 3 is 2.37 bits per heavy atom. The molecular formula is C23H20N4O3. The number of pyridine rings is 1. The normalized spacial score (nSPS) is 18.7. The summed E-state index contributed by atoms with van der Waals surface area (Å²) in [7, 11) is 0. The molecule has 4 heterocycles. The van der Waals surface area contributed by atoms with E-state index in [1.165, 1.54) is 10.5 Å². The van der Waals surface area contributed by atoms with E-state index in [-0.39, 0.29) is 24.3 Å². The van der Waals surface area contributed by atoms with Gasteiger partial charge in [0.2, 0.25) is 5.91 Å². The average molecular weight is 400 g/mol. The minimum atomic E-state index is -0.290. The lowest BCUT2D eigenvalue weighted by atomic mass is 10.1. The van der Waals surface area contributed by atoms with E-state index >= 15 is 0 Å². The molecule has 0 unspecified atom stereocenters. The molecule has 150 valence electrons. The summed E-state index contributed by atoms with van der Waals surface area (Å²) < 4.78 is 1.95. The maximum absolute atomic E-state index is 12.7. The number of hydrogen-bond acceptors (Lipinski definition) is 4. The zero-order chi connectivity index (χ0) is 20.4. The molecule has 2 fully saturated rings. The SMILES string of the molecule is O=C1c2ccccc2C(=O)N1Cc1cn2cc(C3CC3)cc(N3CCCC3=O)c2n1. The first-order valence-electron chi connectivity index (χ1n) is 10.4. The summed E-state index contributed by atoms with van der Waals surface area (Å²) in [5.74, 6) is 0.0743. The maximum atomic E-state index is 12.7. The topological polar surface area (TPSA) is 75.0 Å². The number of imidazole rings is 1. The molecule has 1 saturated heterocycles. The van der Waals surface area contributed by atoms with Crippen LogP contribution in [0.5, 0.6) is 0 Å². The highest BCUT2D eigenvalue weighted by atomic mass is 16.2. The Kier molecular flexibility index (Phi) is 3.63. The van der Waals surface area contributed by atoms with Gasteiger partial charge in [-0.05, 0) is 48.9 Å². The van der Waals surface area contributed by atoms with Crippen LogP contribution in [0.2, 0.25) is 0 Å². The molecule has 3 aliphatic rings. The van der Waals surface area contributed by atoms with Crippen LogP contribution in [0.15, 0.2) is 42.7 Å². The van der Waals surface area contributed by atoms with Gasteiger partial charge in [0.15, 0.2) is 5.65 Å². The van der Waals surface area contributed by atoms with Gasteiger partial charge in [-0.25, -0.2) is 4.98 Å². The molecular weight excluding hydrogens is 380 g/mol. The van der Waals surface area contributed by atoms with Crippen molar-refractivity contribution in [2.45, 2.75) is 38.1 Å². The summed E-state index contributed by atoms with van der Waals surface area (Å²) in [6.07, 6.45) is 7.67. The van der Waals surface area contributed by atoms with Crippen molar-refractivity contribution in [1.82, 2.24) is 14.3 Å². The van der Waals surface area contributed by atoms with Crippen LogP contribution >= 0.6 is 0 Å². The molecule has 1 aliphatic carbocycles. The van der Waals surface area contributed by atoms with E-state index in [4.69, 9.17) is 4.98 Å². The first-order chi connectivity index (χ1) is 14.6. The van der Waals surface area contributed by atoms with Crippen LogP contribution in [0, 0.1) is 0 Å². The van der Waals surface area contributed by atoms with Gasteiger partial charge in [0, 0.05) is 25.4 Å². The minimum Gasteiger partial charge on any atom is -0.309 e. The summed E-state index contributed by atoms with van der Waals surface area (Å²) in [5.41, 5.74) is 4.24. The second kappa shape index (κ2) is 6.26. The van der Waals surface area contributed by atoms with E-state index in [1.54, 1.807) is 24.3 Å². The molecule has 0 atom stereocenters. The van der Waals surface area contributed by atoms with Crippen LogP contribution in [0.4, 0.5) is 5.69 Å². The number of amides is 3. The maximum Gasteiger partial charge on any atom is 0.261 e. The molecule has 7 heteroatoms. The van der Waals surface area contributed by atoms with Crippen molar-refractivity contribution in [3.8, 4) is 0 Å². The molecule has 7 nitrogen and oxygen atoms in total. The first-order valence-corrected chi connectivity index (χ1v) is 10.4. The summed E-state index contributed by atoms with van der Waals surface area (Å²) in [6, 6.07) is 8.97. The van der Waals surface area contributed by atoms with E-state index in [0.29, 0.717) is 41.4 Å². The number of rotatable bonds is 4. The predicted octanol–water partition coefficient (Wildman–Crippen LogP) is 3.13. The third-order valence-corrected chi connectivity index (χ3v) is 6.21. The molecule has 1 saturated carbocycles. The third-order valence-electron chi connectivity index (χ3n) is 6.21. The molecule has 0 bridgehead atoms. The van der Waals surface area contributed by atoms with Crippen LogP contribution < -0.4 is 4.90 Å². The quantitative estimate of drug-likeness (QED) is 0.631. The minimum absolute atomic E-state index is 0.111. The van der Waals surface area contributed by atoms with Crippen LogP contribution in [0.25, 0.3) is 5.65 Å². The molecule has 30 heavy (non-hydrogen) atoms. The molecule has 2 aliphatic heterocycles. The molecule has 0 N–H and O–H groups in total. The standard InChI is InChI=1S/C23H20N4O3/c28-20-6-3-9-26(20)19-10-15(14-7-8-14)11-25-12-16(24-21(19)25)13-27-22(29)17-4-1-2-5-18(17)23(27)30/h1-2,4-5,10-12,14H,3,6-9,13H2. The highest BCUT2D eigenvalue weighted by Crippen LogP contribution is 2.42. The van der Waals surface area contributed by atoms with Crippen LogP contribution in [-0.2, 0) is 11.3 Å². The van der Waals surface area contributed by atoms with E-state index in [2.05, 4.69) is 12.3 Å². The van der Waals surface area contributed by atoms with Crippen molar-refractivity contribution in [2.75, 3.05) is 11.4 Å². The van der Waals surface area contributed by atoms with Gasteiger partial charge in [0.05, 0.1) is 29.1 Å². The fourth-order valence-corrected chi connectivity index (χ4v) is 4.51. The number of carbonyl (C=O) groups excluding carboxylic acids is 3. The second-order valence-corrected chi connectivity index (χ2v) is 8.29. The monoisotopic (exact) mass is 400 g/mol. The number of aromatic nitrogens is 2. The lowest BCUT2D eigenvalue weighted by Crippen LogP contribution is -2.29. The van der Waals surface area contributed by atoms with Crippen molar-refractivity contribution in [3.05, 3.63) is 65.1 Å². The average Bonchev–Trinajstić information content (AvgIpc) is 3.32. The highest BCUT2D eigenvalue weighted by molar-refractivity contribution is 6.21. The number of carbonyl (C=O) groups is 3. The number of nitrogens with zero attached hydrogens (tertiary/aromatic N) is 4. The Balaban J connectivity index is 1.39. The van der Waals surface area contributed by atoms with E-state index in [0.717, 1.165) is 24.9 Å². The molecule has 2 aromatic heterocycles. The van der Waals surface area contributed by atoms with Crippen LogP contribution in [0.3, 0.4) is 0 Å². The molecule has 6 rings (SSSR count). The Morgan fingerprint density at radius 1 is 1.00 bits per heavy atom. The van der Waals surface area contributed by atoms with E-state index in [1.807, 2.05) is 15.5 Å². The molecule has 3 amide bonds. The lowest BCUT2D eigenvalue weighted by molar-refractivity contribution is -0.117. The van der Waals surface area contributed by atoms with Gasteiger partial charge >= 0.3 is 0 Å². The first kappa shape index (κ1) is 17.4. The predicted molar refractivity (Wildman–Crippen MR) is 109 cm³/mol. The van der Waals surface area contributed by atoms with E-state index < -0.39 is 0 Å². The Morgan fingerprint density at radius 2 is 1.73 bits per heavy atom. The van der Waals surface area contributed by atoms with Crippen LogP contribution in [-0.4, -0.2) is 38.6 Å². The summed E-state index contributed by atoms with van der Waals surface area (Å²) in [6.45, 7) is 0.809. The van der Waals surface area contributed by atoms with Gasteiger partial charge in [-0.2, -0.15) is 0 Å². The van der Waals surface area contributed by atoms with Crippen LogP contribution in [0.1, 0.15) is 63.6 Å². The molecule has 0 radical (unpaired) electrons. The zero-order valence-corrected chi connectivity index (χ0v) is 16.4. The zero-order valence-electron chi connectivity index (χ0n) is 16.4. The summed E-state index contributed by atoms with van der Waals surface area (Å²) >= 11 is 0. The number of benzene rings is 1.